The summed E-state index contributed by atoms with van der Waals surface area (Å²) >= 11 is 1.64. The highest BCUT2D eigenvalue weighted by atomic mass is 32.1. The van der Waals surface area contributed by atoms with Gasteiger partial charge in [-0.15, -0.1) is 0 Å². The number of fused-ring (bicyclic) bond motifs is 1. The molecule has 2 aliphatic rings. The number of nitrogens with zero attached hydrogens (tertiary/aromatic N) is 2. The molecule has 1 atom stereocenters. The van der Waals surface area contributed by atoms with Gasteiger partial charge in [0.05, 0.1) is 29.5 Å². The van der Waals surface area contributed by atoms with E-state index >= 15 is 0 Å². The van der Waals surface area contributed by atoms with Crippen molar-refractivity contribution in [2.45, 2.75) is 18.9 Å². The molecule has 31 heavy (non-hydrogen) atoms. The summed E-state index contributed by atoms with van der Waals surface area (Å²) < 4.78 is 17.8. The number of amides is 1. The van der Waals surface area contributed by atoms with Crippen molar-refractivity contribution in [2.24, 2.45) is 0 Å². The highest BCUT2D eigenvalue weighted by molar-refractivity contribution is 7.22. The van der Waals surface area contributed by atoms with Crippen LogP contribution in [0, 0.1) is 0 Å². The first kappa shape index (κ1) is 20.2. The molecule has 2 saturated heterocycles. The molecule has 7 nitrogen and oxygen atoms in total. The second-order valence-electron chi connectivity index (χ2n) is 7.70. The van der Waals surface area contributed by atoms with Gasteiger partial charge in [-0.2, -0.15) is 0 Å². The normalized spacial score (nSPS) is 19.0. The summed E-state index contributed by atoms with van der Waals surface area (Å²) in [5.74, 6) is 0.594. The van der Waals surface area contributed by atoms with Crippen LogP contribution in [0.25, 0.3) is 10.2 Å². The highest BCUT2D eigenvalue weighted by Crippen LogP contribution is 2.31. The van der Waals surface area contributed by atoms with Crippen LogP contribution in [-0.4, -0.2) is 56.5 Å². The monoisotopic (exact) mass is 439 g/mol. The molecule has 5 rings (SSSR count). The van der Waals surface area contributed by atoms with Gasteiger partial charge in [0, 0.05) is 30.9 Å². The molecule has 1 amide bonds. The average molecular weight is 440 g/mol. The van der Waals surface area contributed by atoms with Gasteiger partial charge in [0.25, 0.3) is 5.91 Å². The maximum atomic E-state index is 12.7. The highest BCUT2D eigenvalue weighted by Gasteiger charge is 2.17. The predicted octanol–water partition coefficient (Wildman–Crippen LogP) is 3.94. The van der Waals surface area contributed by atoms with Crippen molar-refractivity contribution in [1.82, 2.24) is 4.98 Å². The Bertz CT molecular complexity index is 1040. The quantitative estimate of drug-likeness (QED) is 0.627. The van der Waals surface area contributed by atoms with Gasteiger partial charge >= 0.3 is 0 Å². The van der Waals surface area contributed by atoms with Crippen molar-refractivity contribution < 1.29 is 19.0 Å². The van der Waals surface area contributed by atoms with E-state index < -0.39 is 0 Å². The van der Waals surface area contributed by atoms with Crippen molar-refractivity contribution in [3.05, 3.63) is 48.0 Å². The molecule has 3 heterocycles. The number of hydrogen-bond donors (Lipinski definition) is 1. The minimum absolute atomic E-state index is 0.150. The van der Waals surface area contributed by atoms with Crippen LogP contribution >= 0.6 is 11.3 Å². The fraction of sp³-hybridized carbons (Fsp3) is 0.391. The van der Waals surface area contributed by atoms with Gasteiger partial charge in [0.15, 0.2) is 5.13 Å². The number of thiazole rings is 1. The van der Waals surface area contributed by atoms with E-state index in [0.717, 1.165) is 72.5 Å². The summed E-state index contributed by atoms with van der Waals surface area (Å²) in [6.45, 7) is 4.54. The summed E-state index contributed by atoms with van der Waals surface area (Å²) in [5.41, 5.74) is 2.29. The summed E-state index contributed by atoms with van der Waals surface area (Å²) in [5, 5.41) is 3.98. The van der Waals surface area contributed by atoms with Gasteiger partial charge < -0.3 is 24.4 Å². The second kappa shape index (κ2) is 9.21. The summed E-state index contributed by atoms with van der Waals surface area (Å²) in [4.78, 5) is 19.6. The zero-order valence-electron chi connectivity index (χ0n) is 17.2. The van der Waals surface area contributed by atoms with Crippen LogP contribution in [0.1, 0.15) is 23.2 Å². The van der Waals surface area contributed by atoms with Crippen molar-refractivity contribution in [3.8, 4) is 5.75 Å². The van der Waals surface area contributed by atoms with Crippen LogP contribution in [0.2, 0.25) is 0 Å². The lowest BCUT2D eigenvalue weighted by Gasteiger charge is -2.25. The van der Waals surface area contributed by atoms with Gasteiger partial charge in [-0.3, -0.25) is 4.79 Å². The molecular formula is C23H25N3O4S. The molecule has 0 unspecified atom stereocenters. The third-order valence-corrected chi connectivity index (χ3v) is 6.57. The first-order valence-corrected chi connectivity index (χ1v) is 11.5. The molecule has 2 aromatic carbocycles. The Hall–Kier alpha value is -2.68. The number of hydrogen-bond acceptors (Lipinski definition) is 7. The topological polar surface area (TPSA) is 72.9 Å². The van der Waals surface area contributed by atoms with Gasteiger partial charge in [-0.25, -0.2) is 4.98 Å². The van der Waals surface area contributed by atoms with E-state index in [1.165, 1.54) is 0 Å². The molecule has 3 aromatic rings. The number of carbonyl (C=O) groups is 1. The van der Waals surface area contributed by atoms with Gasteiger partial charge in [-0.05, 0) is 55.3 Å². The number of nitrogens with one attached hydrogen (secondary N) is 1. The lowest BCUT2D eigenvalue weighted by Crippen LogP contribution is -2.36. The van der Waals surface area contributed by atoms with E-state index in [-0.39, 0.29) is 12.0 Å². The number of aromatic nitrogens is 1. The molecular weight excluding hydrogens is 414 g/mol. The van der Waals surface area contributed by atoms with E-state index in [9.17, 15) is 4.79 Å². The van der Waals surface area contributed by atoms with Crippen LogP contribution in [0.15, 0.2) is 42.5 Å². The largest absolute Gasteiger partial charge is 0.491 e. The van der Waals surface area contributed by atoms with E-state index in [1.807, 2.05) is 30.3 Å². The average Bonchev–Trinajstić information content (AvgIpc) is 3.48. The van der Waals surface area contributed by atoms with Crippen LogP contribution in [0.3, 0.4) is 0 Å². The number of anilines is 2. The molecule has 1 N–H and O–H groups in total. The Morgan fingerprint density at radius 3 is 2.77 bits per heavy atom. The molecule has 1 aromatic heterocycles. The second-order valence-corrected chi connectivity index (χ2v) is 8.71. The Morgan fingerprint density at radius 1 is 1.16 bits per heavy atom. The fourth-order valence-electron chi connectivity index (χ4n) is 3.75. The third kappa shape index (κ3) is 4.81. The van der Waals surface area contributed by atoms with E-state index in [1.54, 1.807) is 23.5 Å². The van der Waals surface area contributed by atoms with Crippen molar-refractivity contribution in [3.63, 3.8) is 0 Å². The standard InChI is InChI=1S/C23H25N3O4S/c27-22(16-3-6-18(7-4-16)30-15-19-2-1-11-29-19)24-17-5-8-20-21(14-17)31-23(25-20)26-9-12-28-13-10-26/h3-8,14,19H,1-2,9-13,15H2,(H,24,27)/t19-/m1/s1. The maximum Gasteiger partial charge on any atom is 0.255 e. The Morgan fingerprint density at radius 2 is 2.00 bits per heavy atom. The molecule has 2 fully saturated rings. The summed E-state index contributed by atoms with van der Waals surface area (Å²) in [7, 11) is 0. The molecule has 0 saturated carbocycles. The molecule has 8 heteroatoms. The Labute approximate surface area is 184 Å². The molecule has 0 spiro atoms. The maximum absolute atomic E-state index is 12.7. The fourth-order valence-corrected chi connectivity index (χ4v) is 4.81. The molecule has 0 radical (unpaired) electrons. The van der Waals surface area contributed by atoms with Crippen LogP contribution in [-0.2, 0) is 9.47 Å². The number of ether oxygens (including phenoxy) is 3. The van der Waals surface area contributed by atoms with Gasteiger partial charge in [0.2, 0.25) is 0 Å². The van der Waals surface area contributed by atoms with Crippen molar-refractivity contribution in [2.75, 3.05) is 49.7 Å². The van der Waals surface area contributed by atoms with Crippen LogP contribution < -0.4 is 15.0 Å². The lowest BCUT2D eigenvalue weighted by molar-refractivity contribution is 0.0679. The first-order chi connectivity index (χ1) is 15.2. The van der Waals surface area contributed by atoms with Gasteiger partial charge in [-0.1, -0.05) is 11.3 Å². The number of rotatable bonds is 6. The minimum Gasteiger partial charge on any atom is -0.491 e. The lowest BCUT2D eigenvalue weighted by atomic mass is 10.2. The SMILES string of the molecule is O=C(Nc1ccc2nc(N3CCOCC3)sc2c1)c1ccc(OC[C@H]2CCCO2)cc1. The summed E-state index contributed by atoms with van der Waals surface area (Å²) in [6, 6.07) is 13.0. The van der Waals surface area contributed by atoms with E-state index in [4.69, 9.17) is 19.2 Å². The Balaban J connectivity index is 1.22. The number of morpholine rings is 1. The number of benzene rings is 2. The summed E-state index contributed by atoms with van der Waals surface area (Å²) in [6.07, 6.45) is 2.31. The molecule has 162 valence electrons. The van der Waals surface area contributed by atoms with Gasteiger partial charge in [0.1, 0.15) is 12.4 Å². The van der Waals surface area contributed by atoms with Crippen molar-refractivity contribution in [1.29, 1.82) is 0 Å². The van der Waals surface area contributed by atoms with Crippen LogP contribution in [0.5, 0.6) is 5.75 Å². The molecule has 0 bridgehead atoms. The Kier molecular flexibility index (Phi) is 6.01. The predicted molar refractivity (Wildman–Crippen MR) is 122 cm³/mol. The molecule has 0 aliphatic carbocycles. The first-order valence-electron chi connectivity index (χ1n) is 10.6. The van der Waals surface area contributed by atoms with Crippen molar-refractivity contribution >= 4 is 38.3 Å². The zero-order chi connectivity index (χ0) is 21.0. The van der Waals surface area contributed by atoms with E-state index in [0.29, 0.717) is 12.2 Å². The van der Waals surface area contributed by atoms with E-state index in [2.05, 4.69) is 10.2 Å². The molecule has 2 aliphatic heterocycles. The zero-order valence-corrected chi connectivity index (χ0v) is 18.0. The minimum atomic E-state index is -0.150. The van der Waals surface area contributed by atoms with Crippen LogP contribution in [0.4, 0.5) is 10.8 Å². The third-order valence-electron chi connectivity index (χ3n) is 5.49. The smallest absolute Gasteiger partial charge is 0.255 e. The number of carbonyl (C=O) groups excluding carboxylic acids is 1.